The van der Waals surface area contributed by atoms with Crippen molar-refractivity contribution >= 4 is 49.6 Å². The van der Waals surface area contributed by atoms with Crippen LogP contribution < -0.4 is 21.7 Å². The van der Waals surface area contributed by atoms with E-state index in [1.807, 2.05) is 42.5 Å². The molecule has 218 valence electrons. The van der Waals surface area contributed by atoms with Crippen LogP contribution in [0.4, 0.5) is 17.2 Å². The van der Waals surface area contributed by atoms with Crippen molar-refractivity contribution in [2.45, 2.75) is 62.3 Å². The number of nitrogen functional groups attached to an aromatic ring is 1. The number of fused-ring (bicyclic) bond motifs is 8. The molecule has 0 fully saturated rings. The Kier molecular flexibility index (Phi) is 7.95. The summed E-state index contributed by atoms with van der Waals surface area (Å²) in [5, 5.41) is 10.9. The van der Waals surface area contributed by atoms with Crippen molar-refractivity contribution in [2.24, 2.45) is 5.92 Å². The molecule has 9 nitrogen and oxygen atoms in total. The van der Waals surface area contributed by atoms with Crippen molar-refractivity contribution in [2.75, 3.05) is 16.4 Å². The first-order valence-corrected chi connectivity index (χ1v) is 15.4. The molecule has 3 aliphatic rings. The second-order valence-electron chi connectivity index (χ2n) is 11.6. The zero-order valence-corrected chi connectivity index (χ0v) is 24.7. The van der Waals surface area contributed by atoms with E-state index in [4.69, 9.17) is 5.73 Å². The van der Waals surface area contributed by atoms with Gasteiger partial charge in [-0.15, -0.1) is 5.73 Å². The average molecular weight is 586 g/mol. The molecule has 2 aliphatic heterocycles. The average Bonchev–Trinajstić information content (AvgIpc) is 2.94. The summed E-state index contributed by atoms with van der Waals surface area (Å²) in [6.45, 7) is 4.85. The maximum Gasteiger partial charge on any atom is 0.243 e. The second-order valence-corrected chi connectivity index (χ2v) is 14.3. The number of benzene rings is 2. The smallest absolute Gasteiger partial charge is 0.243 e. The van der Waals surface area contributed by atoms with Crippen LogP contribution >= 0.6 is 0 Å². The Hall–Kier alpha value is -4.40. The minimum absolute atomic E-state index is 0.0491. The molecule has 2 unspecified atom stereocenters. The van der Waals surface area contributed by atoms with Crippen molar-refractivity contribution in [3.8, 4) is 0 Å². The highest BCUT2D eigenvalue weighted by molar-refractivity contribution is 7.92. The predicted molar refractivity (Wildman–Crippen MR) is 166 cm³/mol. The van der Waals surface area contributed by atoms with Crippen molar-refractivity contribution in [3.63, 3.8) is 0 Å². The number of carbonyl (C=O) groups excluding carboxylic acids is 2. The summed E-state index contributed by atoms with van der Waals surface area (Å²) >= 11 is 0. The number of amides is 2. The number of nitrogens with two attached hydrogens (primary N) is 1. The lowest BCUT2D eigenvalue weighted by Gasteiger charge is -2.26. The van der Waals surface area contributed by atoms with Gasteiger partial charge in [-0.1, -0.05) is 12.2 Å². The Bertz CT molecular complexity index is 1770. The minimum atomic E-state index is -3.74. The molecule has 10 heteroatoms. The first-order valence-electron chi connectivity index (χ1n) is 13.9. The van der Waals surface area contributed by atoms with Crippen LogP contribution in [-0.4, -0.2) is 36.0 Å². The first-order chi connectivity index (χ1) is 19.9. The third-order valence-electron chi connectivity index (χ3n) is 7.51. The molecule has 2 atom stereocenters. The lowest BCUT2D eigenvalue weighted by molar-refractivity contribution is -0.122. The lowest BCUT2D eigenvalue weighted by atomic mass is 9.92. The number of allylic oxidation sites excluding steroid dienone is 1. The largest absolute Gasteiger partial charge is 0.383 e. The van der Waals surface area contributed by atoms with Crippen molar-refractivity contribution in [1.82, 2.24) is 10.3 Å². The molecule has 5 N–H and O–H groups in total. The van der Waals surface area contributed by atoms with Gasteiger partial charge in [0.05, 0.1) is 9.64 Å². The summed E-state index contributed by atoms with van der Waals surface area (Å²) in [4.78, 5) is 30.7. The van der Waals surface area contributed by atoms with E-state index in [0.717, 1.165) is 22.0 Å². The van der Waals surface area contributed by atoms with E-state index >= 15 is 0 Å². The Morgan fingerprint density at radius 1 is 1.07 bits per heavy atom. The fraction of sp³-hybridized carbons (Fsp3) is 0.312. The third-order valence-corrected chi connectivity index (χ3v) is 10.1. The van der Waals surface area contributed by atoms with Gasteiger partial charge in [0.1, 0.15) is 11.9 Å². The molecule has 0 radical (unpaired) electrons. The molecule has 1 aromatic heterocycles. The number of hydrogen-bond acceptors (Lipinski definition) is 7. The Labute approximate surface area is 245 Å². The summed E-state index contributed by atoms with van der Waals surface area (Å²) in [6, 6.07) is 11.5. The van der Waals surface area contributed by atoms with Crippen LogP contribution in [0.3, 0.4) is 0 Å². The van der Waals surface area contributed by atoms with Gasteiger partial charge in [0.15, 0.2) is 9.84 Å². The molecule has 4 bridgehead atoms. The number of carbonyl (C=O) groups is 2. The van der Waals surface area contributed by atoms with E-state index in [2.05, 4.69) is 26.7 Å². The van der Waals surface area contributed by atoms with Crippen LogP contribution in [-0.2, 0) is 26.0 Å². The van der Waals surface area contributed by atoms with Gasteiger partial charge in [0, 0.05) is 41.8 Å². The Morgan fingerprint density at radius 3 is 2.62 bits per heavy atom. The number of nitrogens with zero attached hydrogens (tertiary/aromatic N) is 1. The number of rotatable bonds is 3. The number of pyridine rings is 1. The fourth-order valence-electron chi connectivity index (χ4n) is 5.05. The van der Waals surface area contributed by atoms with Crippen LogP contribution in [0.25, 0.3) is 10.8 Å². The standard InChI is InChI=1S/C32H35N5O4S/c1-32(2,3)42(40,41)27-14-12-24-18-23(27)19-35-31(39)29(21-9-7-20(8-10-21)5-4-6-28(38)36-24)37-25-11-13-26-22(17-25)15-16-34-30(26)33/h7,9-18,21,29,37H,4-6,19H2,1-3H3,(H2,33,34)(H,35,39)(H,36,38). The molecule has 42 heavy (non-hydrogen) atoms. The molecule has 3 aromatic rings. The maximum absolute atomic E-state index is 13.8. The maximum atomic E-state index is 13.8. The number of anilines is 3. The summed E-state index contributed by atoms with van der Waals surface area (Å²) in [6.07, 6.45) is 8.98. The third kappa shape index (κ3) is 6.10. The van der Waals surface area contributed by atoms with Crippen LogP contribution in [0, 0.1) is 5.92 Å². The van der Waals surface area contributed by atoms with Gasteiger partial charge in [-0.3, -0.25) is 9.59 Å². The molecule has 3 heterocycles. The van der Waals surface area contributed by atoms with Crippen LogP contribution in [0.5, 0.6) is 0 Å². The van der Waals surface area contributed by atoms with Crippen LogP contribution in [0.2, 0.25) is 0 Å². The quantitative estimate of drug-likeness (QED) is 0.321. The number of nitrogens with one attached hydrogen (secondary N) is 3. The summed E-state index contributed by atoms with van der Waals surface area (Å²) in [5.74, 6) is -0.381. The molecule has 2 aromatic carbocycles. The first kappa shape index (κ1) is 29.1. The van der Waals surface area contributed by atoms with E-state index in [1.54, 1.807) is 39.1 Å². The molecule has 0 spiro atoms. The molecule has 1 aliphatic carbocycles. The van der Waals surface area contributed by atoms with E-state index < -0.39 is 20.6 Å². The van der Waals surface area contributed by atoms with Crippen molar-refractivity contribution in [3.05, 3.63) is 83.8 Å². The van der Waals surface area contributed by atoms with Gasteiger partial charge in [-0.2, -0.15) is 0 Å². The second kappa shape index (κ2) is 11.5. The highest BCUT2D eigenvalue weighted by Gasteiger charge is 2.33. The highest BCUT2D eigenvalue weighted by atomic mass is 32.2. The van der Waals surface area contributed by atoms with Crippen LogP contribution in [0.15, 0.2) is 83.1 Å². The van der Waals surface area contributed by atoms with Gasteiger partial charge in [0.2, 0.25) is 11.8 Å². The zero-order valence-electron chi connectivity index (χ0n) is 23.9. The molecule has 2 amide bonds. The van der Waals surface area contributed by atoms with E-state index in [1.165, 1.54) is 6.07 Å². The van der Waals surface area contributed by atoms with E-state index in [0.29, 0.717) is 36.3 Å². The molecular formula is C32H35N5O4S. The summed E-state index contributed by atoms with van der Waals surface area (Å²) in [5.41, 5.74) is 11.9. The van der Waals surface area contributed by atoms with Crippen LogP contribution in [0.1, 0.15) is 45.6 Å². The SMILES string of the molecule is CC(C)(C)S(=O)(=O)c1ccc2cc1CNC(=O)C(Nc1ccc3c(N)nccc3c1)C1C=C=C(C=C1)CCCC(=O)N2. The lowest BCUT2D eigenvalue weighted by Crippen LogP contribution is -2.43. The van der Waals surface area contributed by atoms with Crippen molar-refractivity contribution < 1.29 is 18.0 Å². The number of hydrogen-bond donors (Lipinski definition) is 4. The van der Waals surface area contributed by atoms with E-state index in [9.17, 15) is 18.0 Å². The summed E-state index contributed by atoms with van der Waals surface area (Å²) < 4.78 is 25.9. The molecule has 0 saturated heterocycles. The molecule has 6 rings (SSSR count). The topological polar surface area (TPSA) is 143 Å². The number of aromatic nitrogens is 1. The van der Waals surface area contributed by atoms with Gasteiger partial charge in [0.25, 0.3) is 0 Å². The van der Waals surface area contributed by atoms with Gasteiger partial charge in [-0.25, -0.2) is 13.4 Å². The Morgan fingerprint density at radius 2 is 1.88 bits per heavy atom. The monoisotopic (exact) mass is 585 g/mol. The summed E-state index contributed by atoms with van der Waals surface area (Å²) in [7, 11) is -3.74. The van der Waals surface area contributed by atoms with Gasteiger partial charge in [-0.05, 0) is 98.7 Å². The molecule has 0 saturated carbocycles. The number of sulfone groups is 1. The van der Waals surface area contributed by atoms with Gasteiger partial charge >= 0.3 is 0 Å². The molecular weight excluding hydrogens is 550 g/mol. The predicted octanol–water partition coefficient (Wildman–Crippen LogP) is 4.88. The normalized spacial score (nSPS) is 19.7. The van der Waals surface area contributed by atoms with Gasteiger partial charge < -0.3 is 21.7 Å². The fourth-order valence-corrected chi connectivity index (χ4v) is 6.43. The minimum Gasteiger partial charge on any atom is -0.383 e. The van der Waals surface area contributed by atoms with Crippen molar-refractivity contribution in [1.29, 1.82) is 0 Å². The highest BCUT2D eigenvalue weighted by Crippen LogP contribution is 2.30. The van der Waals surface area contributed by atoms with E-state index in [-0.39, 0.29) is 29.2 Å². The Balaban J connectivity index is 1.52. The zero-order chi connectivity index (χ0) is 30.1.